The molecular formula is C15H23NO3S. The molecule has 1 saturated heterocycles. The molecule has 5 heteroatoms. The smallest absolute Gasteiger partial charge is 0.149 e. The summed E-state index contributed by atoms with van der Waals surface area (Å²) >= 11 is 1.86. The van der Waals surface area contributed by atoms with Gasteiger partial charge in [0.15, 0.2) is 0 Å². The van der Waals surface area contributed by atoms with E-state index in [-0.39, 0.29) is 17.0 Å². The predicted octanol–water partition coefficient (Wildman–Crippen LogP) is 2.85. The first kappa shape index (κ1) is 15.5. The first-order valence-corrected chi connectivity index (χ1v) is 8.59. The maximum Gasteiger partial charge on any atom is 0.149 e. The van der Waals surface area contributed by atoms with Crippen LogP contribution in [0.25, 0.3) is 0 Å². The summed E-state index contributed by atoms with van der Waals surface area (Å²) in [5.41, 5.74) is 0.572. The molecule has 2 aliphatic rings. The van der Waals surface area contributed by atoms with Gasteiger partial charge in [-0.15, -0.1) is 0 Å². The van der Waals surface area contributed by atoms with Crippen LogP contribution in [0.5, 0.6) is 0 Å². The number of carbonyl (C=O) groups is 2. The van der Waals surface area contributed by atoms with Crippen molar-refractivity contribution in [2.45, 2.75) is 46.0 Å². The zero-order valence-electron chi connectivity index (χ0n) is 12.3. The van der Waals surface area contributed by atoms with Gasteiger partial charge in [-0.1, -0.05) is 18.5 Å². The number of oxime groups is 1. The van der Waals surface area contributed by atoms with Gasteiger partial charge in [0.1, 0.15) is 24.1 Å². The minimum Gasteiger partial charge on any atom is -0.396 e. The van der Waals surface area contributed by atoms with Gasteiger partial charge in [0.05, 0.1) is 5.71 Å². The van der Waals surface area contributed by atoms with Crippen molar-refractivity contribution in [2.24, 2.45) is 16.5 Å². The Bertz CT molecular complexity index is 393. The van der Waals surface area contributed by atoms with E-state index in [9.17, 15) is 9.59 Å². The van der Waals surface area contributed by atoms with Gasteiger partial charge in [0.25, 0.3) is 0 Å². The molecule has 0 radical (unpaired) electrons. The van der Waals surface area contributed by atoms with Crippen molar-refractivity contribution in [3.8, 4) is 0 Å². The van der Waals surface area contributed by atoms with Crippen LogP contribution in [0.1, 0.15) is 46.0 Å². The molecule has 1 spiro atoms. The molecule has 0 aromatic carbocycles. The van der Waals surface area contributed by atoms with E-state index in [0.29, 0.717) is 31.6 Å². The molecule has 1 heterocycles. The first-order valence-electron chi connectivity index (χ1n) is 7.44. The standard InChI is InChI=1S/C15H23NO3S/c1-3-5-11(16-19-4-2)14-12(17)8-15(9-13(14)18)6-7-20-10-15/h14H,3-10H2,1-2H3/b16-11+. The van der Waals surface area contributed by atoms with Crippen molar-refractivity contribution in [3.63, 3.8) is 0 Å². The summed E-state index contributed by atoms with van der Waals surface area (Å²) in [4.78, 5) is 30.1. The number of ketones is 2. The molecule has 0 bridgehead atoms. The van der Waals surface area contributed by atoms with Crippen LogP contribution in [0.15, 0.2) is 5.16 Å². The molecule has 20 heavy (non-hydrogen) atoms. The SMILES string of the molecule is CCC/C(=N\OCC)C1C(=O)CC2(CCSC2)CC1=O. The Labute approximate surface area is 124 Å². The summed E-state index contributed by atoms with van der Waals surface area (Å²) in [5.74, 6) is 1.48. The van der Waals surface area contributed by atoms with E-state index in [1.807, 2.05) is 25.6 Å². The molecule has 0 unspecified atom stereocenters. The molecule has 1 aliphatic heterocycles. The van der Waals surface area contributed by atoms with E-state index >= 15 is 0 Å². The minimum absolute atomic E-state index is 0.0515. The molecule has 0 N–H and O–H groups in total. The highest BCUT2D eigenvalue weighted by Crippen LogP contribution is 2.46. The summed E-state index contributed by atoms with van der Waals surface area (Å²) in [5, 5.41) is 4.04. The number of hydrogen-bond donors (Lipinski definition) is 0. The summed E-state index contributed by atoms with van der Waals surface area (Å²) < 4.78 is 0. The summed E-state index contributed by atoms with van der Waals surface area (Å²) in [6, 6.07) is 0. The van der Waals surface area contributed by atoms with Crippen LogP contribution in [-0.2, 0) is 14.4 Å². The Balaban J connectivity index is 2.15. The third-order valence-corrected chi connectivity index (χ3v) is 5.39. The van der Waals surface area contributed by atoms with Crippen molar-refractivity contribution >= 4 is 29.0 Å². The zero-order valence-corrected chi connectivity index (χ0v) is 13.1. The highest BCUT2D eigenvalue weighted by molar-refractivity contribution is 7.99. The molecule has 0 atom stereocenters. The molecule has 0 amide bonds. The number of thioether (sulfide) groups is 1. The Morgan fingerprint density at radius 3 is 2.55 bits per heavy atom. The van der Waals surface area contributed by atoms with Gasteiger partial charge in [-0.2, -0.15) is 11.8 Å². The molecule has 1 aliphatic carbocycles. The lowest BCUT2D eigenvalue weighted by molar-refractivity contribution is -0.136. The third-order valence-electron chi connectivity index (χ3n) is 4.08. The maximum atomic E-state index is 12.5. The quantitative estimate of drug-likeness (QED) is 0.445. The van der Waals surface area contributed by atoms with E-state index in [4.69, 9.17) is 4.84 Å². The fourth-order valence-corrected chi connectivity index (χ4v) is 4.63. The van der Waals surface area contributed by atoms with E-state index in [1.165, 1.54) is 0 Å². The number of rotatable bonds is 5. The highest BCUT2D eigenvalue weighted by atomic mass is 32.2. The van der Waals surface area contributed by atoms with Crippen LogP contribution in [-0.4, -0.2) is 35.4 Å². The molecule has 0 aromatic rings. The van der Waals surface area contributed by atoms with Crippen LogP contribution in [0, 0.1) is 11.3 Å². The molecular weight excluding hydrogens is 274 g/mol. The average Bonchev–Trinajstić information content (AvgIpc) is 2.82. The van der Waals surface area contributed by atoms with Crippen molar-refractivity contribution < 1.29 is 14.4 Å². The van der Waals surface area contributed by atoms with Crippen molar-refractivity contribution in [2.75, 3.05) is 18.1 Å². The Hall–Kier alpha value is -0.840. The van der Waals surface area contributed by atoms with Crippen LogP contribution in [0.3, 0.4) is 0 Å². The summed E-state index contributed by atoms with van der Waals surface area (Å²) in [6.45, 7) is 4.33. The Kier molecular flexibility index (Phi) is 5.24. The van der Waals surface area contributed by atoms with Gasteiger partial charge in [-0.05, 0) is 36.7 Å². The fraction of sp³-hybridized carbons (Fsp3) is 0.800. The van der Waals surface area contributed by atoms with Crippen molar-refractivity contribution in [1.29, 1.82) is 0 Å². The second-order valence-electron chi connectivity index (χ2n) is 5.77. The zero-order chi connectivity index (χ0) is 14.6. The van der Waals surface area contributed by atoms with Crippen molar-refractivity contribution in [3.05, 3.63) is 0 Å². The van der Waals surface area contributed by atoms with Crippen LogP contribution in [0.2, 0.25) is 0 Å². The van der Waals surface area contributed by atoms with Gasteiger partial charge in [-0.3, -0.25) is 9.59 Å². The monoisotopic (exact) mass is 297 g/mol. The number of hydrogen-bond acceptors (Lipinski definition) is 5. The lowest BCUT2D eigenvalue weighted by Gasteiger charge is -2.34. The van der Waals surface area contributed by atoms with Gasteiger partial charge in [0, 0.05) is 12.8 Å². The van der Waals surface area contributed by atoms with E-state index in [2.05, 4.69) is 5.16 Å². The second kappa shape index (κ2) is 6.74. The maximum absolute atomic E-state index is 12.5. The van der Waals surface area contributed by atoms with Crippen LogP contribution >= 0.6 is 11.8 Å². The van der Waals surface area contributed by atoms with E-state index in [0.717, 1.165) is 24.3 Å². The number of nitrogens with zero attached hydrogens (tertiary/aromatic N) is 1. The van der Waals surface area contributed by atoms with Gasteiger partial charge in [-0.25, -0.2) is 0 Å². The number of carbonyl (C=O) groups excluding carboxylic acids is 2. The molecule has 4 nitrogen and oxygen atoms in total. The topological polar surface area (TPSA) is 55.7 Å². The fourth-order valence-electron chi connectivity index (χ4n) is 3.13. The Morgan fingerprint density at radius 2 is 2.05 bits per heavy atom. The molecule has 0 aromatic heterocycles. The average molecular weight is 297 g/mol. The van der Waals surface area contributed by atoms with Gasteiger partial charge < -0.3 is 4.84 Å². The highest BCUT2D eigenvalue weighted by Gasteiger charge is 2.48. The molecule has 2 fully saturated rings. The Morgan fingerprint density at radius 1 is 1.35 bits per heavy atom. The van der Waals surface area contributed by atoms with Crippen molar-refractivity contribution in [1.82, 2.24) is 0 Å². The summed E-state index contributed by atoms with van der Waals surface area (Å²) in [7, 11) is 0. The lowest BCUT2D eigenvalue weighted by atomic mass is 9.67. The second-order valence-corrected chi connectivity index (χ2v) is 6.88. The summed E-state index contributed by atoms with van der Waals surface area (Å²) in [6.07, 6.45) is 3.58. The third kappa shape index (κ3) is 3.25. The first-order chi connectivity index (χ1) is 9.62. The lowest BCUT2D eigenvalue weighted by Crippen LogP contribution is -2.44. The van der Waals surface area contributed by atoms with E-state index < -0.39 is 5.92 Å². The van der Waals surface area contributed by atoms with Crippen LogP contribution in [0.4, 0.5) is 0 Å². The van der Waals surface area contributed by atoms with E-state index in [1.54, 1.807) is 0 Å². The predicted molar refractivity (Wildman–Crippen MR) is 81.1 cm³/mol. The molecule has 2 rings (SSSR count). The number of Topliss-reactive ketones (excluding diaryl/α,β-unsaturated/α-hetero) is 2. The van der Waals surface area contributed by atoms with Gasteiger partial charge in [0.2, 0.25) is 0 Å². The van der Waals surface area contributed by atoms with Crippen LogP contribution < -0.4 is 0 Å². The molecule has 112 valence electrons. The molecule has 1 saturated carbocycles. The minimum atomic E-state index is -0.641. The van der Waals surface area contributed by atoms with Gasteiger partial charge >= 0.3 is 0 Å². The normalized spacial score (nSPS) is 31.1. The largest absolute Gasteiger partial charge is 0.396 e.